The van der Waals surface area contributed by atoms with Gasteiger partial charge in [-0.1, -0.05) is 53.7 Å². The molecule has 0 aliphatic heterocycles. The molecule has 1 aliphatic rings. The normalized spacial score (nSPS) is 19.6. The van der Waals surface area contributed by atoms with Gasteiger partial charge in [-0.2, -0.15) is 0 Å². The third kappa shape index (κ3) is 3.22. The van der Waals surface area contributed by atoms with Crippen molar-refractivity contribution in [3.8, 4) is 0 Å². The Morgan fingerprint density at radius 2 is 1.44 bits per heavy atom. The van der Waals surface area contributed by atoms with E-state index in [-0.39, 0.29) is 17.9 Å². The molecule has 0 saturated heterocycles. The second-order valence-electron chi connectivity index (χ2n) is 4.58. The van der Waals surface area contributed by atoms with Gasteiger partial charge < -0.3 is 5.73 Å². The minimum atomic E-state index is -0.0722. The van der Waals surface area contributed by atoms with E-state index in [0.717, 1.165) is 17.3 Å². The molecule has 0 bridgehead atoms. The molecule has 0 radical (unpaired) electrons. The van der Waals surface area contributed by atoms with E-state index in [2.05, 4.69) is 40.2 Å². The van der Waals surface area contributed by atoms with Gasteiger partial charge in [0, 0.05) is 10.0 Å². The fourth-order valence-corrected chi connectivity index (χ4v) is 2.69. The number of benzene rings is 1. The highest BCUT2D eigenvalue weighted by atomic mass is 79.9. The van der Waals surface area contributed by atoms with Crippen LogP contribution in [0.4, 0.5) is 0 Å². The Morgan fingerprint density at radius 1 is 0.938 bits per heavy atom. The molecule has 0 heterocycles. The van der Waals surface area contributed by atoms with Gasteiger partial charge in [-0.05, 0) is 30.5 Å². The van der Waals surface area contributed by atoms with Gasteiger partial charge in [0.15, 0.2) is 0 Å². The average molecular weight is 305 g/mol. The summed E-state index contributed by atoms with van der Waals surface area (Å²) in [6.07, 6.45) is 7.49. The lowest BCUT2D eigenvalue weighted by molar-refractivity contribution is 0.385. The molecule has 2 N–H and O–H groups in total. The minimum absolute atomic E-state index is 0. The molecule has 1 aromatic carbocycles. The Kier molecular flexibility index (Phi) is 5.29. The summed E-state index contributed by atoms with van der Waals surface area (Å²) in [7, 11) is 0. The molecule has 2 rings (SSSR count). The van der Waals surface area contributed by atoms with Crippen LogP contribution in [-0.4, -0.2) is 0 Å². The summed E-state index contributed by atoms with van der Waals surface area (Å²) in [5.74, 6) is 0. The lowest BCUT2D eigenvalue weighted by Crippen LogP contribution is -2.35. The molecule has 3 heteroatoms. The van der Waals surface area contributed by atoms with Gasteiger partial charge in [0.25, 0.3) is 0 Å². The highest BCUT2D eigenvalue weighted by Gasteiger charge is 2.27. The maximum atomic E-state index is 6.52. The molecule has 0 spiro atoms. The largest absolute Gasteiger partial charge is 0.321 e. The maximum absolute atomic E-state index is 6.52. The smallest absolute Gasteiger partial charge is 0.0409 e. The number of halogens is 2. The van der Waals surface area contributed by atoms with Crippen LogP contribution in [0, 0.1) is 0 Å². The summed E-state index contributed by atoms with van der Waals surface area (Å²) in [4.78, 5) is 0. The van der Waals surface area contributed by atoms with Crippen molar-refractivity contribution in [2.45, 2.75) is 44.1 Å². The Morgan fingerprint density at radius 3 is 1.94 bits per heavy atom. The molecule has 0 atom stereocenters. The van der Waals surface area contributed by atoms with Crippen molar-refractivity contribution >= 4 is 28.3 Å². The van der Waals surface area contributed by atoms with Crippen LogP contribution < -0.4 is 5.73 Å². The van der Waals surface area contributed by atoms with Gasteiger partial charge in [-0.15, -0.1) is 12.4 Å². The summed E-state index contributed by atoms with van der Waals surface area (Å²) in [6.45, 7) is 0. The third-order valence-electron chi connectivity index (χ3n) is 3.41. The van der Waals surface area contributed by atoms with Crippen LogP contribution in [0.15, 0.2) is 28.7 Å². The van der Waals surface area contributed by atoms with Gasteiger partial charge in [-0.25, -0.2) is 0 Å². The van der Waals surface area contributed by atoms with E-state index >= 15 is 0 Å². The highest BCUT2D eigenvalue weighted by molar-refractivity contribution is 9.10. The number of hydrogen-bond donors (Lipinski definition) is 1. The highest BCUT2D eigenvalue weighted by Crippen LogP contribution is 2.33. The fraction of sp³-hybridized carbons (Fsp3) is 0.538. The van der Waals surface area contributed by atoms with Crippen molar-refractivity contribution < 1.29 is 0 Å². The Balaban J connectivity index is 0.00000128. The SMILES string of the molecule is Cl.NC1(c2ccc(Br)cc2)CCCCCC1. The zero-order valence-corrected chi connectivity index (χ0v) is 11.8. The maximum Gasteiger partial charge on any atom is 0.0409 e. The molecule has 0 amide bonds. The van der Waals surface area contributed by atoms with Crippen molar-refractivity contribution in [2.75, 3.05) is 0 Å². The van der Waals surface area contributed by atoms with Gasteiger partial charge in [0.1, 0.15) is 0 Å². The first-order valence-electron chi connectivity index (χ1n) is 5.76. The predicted octanol–water partition coefficient (Wildman–Crippen LogP) is 4.38. The van der Waals surface area contributed by atoms with Crippen molar-refractivity contribution in [1.29, 1.82) is 0 Å². The first kappa shape index (κ1) is 14.0. The molecule has 90 valence electrons. The molecule has 1 fully saturated rings. The molecular formula is C13H19BrClN. The number of rotatable bonds is 1. The molecular weight excluding hydrogens is 286 g/mol. The zero-order chi connectivity index (χ0) is 10.7. The average Bonchev–Trinajstić information content (AvgIpc) is 2.45. The Bertz CT molecular complexity index is 315. The second-order valence-corrected chi connectivity index (χ2v) is 5.49. The first-order chi connectivity index (χ1) is 7.21. The lowest BCUT2D eigenvalue weighted by atomic mass is 9.84. The Labute approximate surface area is 112 Å². The summed E-state index contributed by atoms with van der Waals surface area (Å²) < 4.78 is 1.13. The molecule has 0 aromatic heterocycles. The van der Waals surface area contributed by atoms with Gasteiger partial charge in [0.2, 0.25) is 0 Å². The van der Waals surface area contributed by atoms with Crippen molar-refractivity contribution in [3.63, 3.8) is 0 Å². The lowest BCUT2D eigenvalue weighted by Gasteiger charge is -2.28. The molecule has 1 nitrogen and oxygen atoms in total. The molecule has 0 unspecified atom stereocenters. The quantitative estimate of drug-likeness (QED) is 0.766. The van der Waals surface area contributed by atoms with E-state index in [1.54, 1.807) is 0 Å². The zero-order valence-electron chi connectivity index (χ0n) is 9.42. The summed E-state index contributed by atoms with van der Waals surface area (Å²) in [5.41, 5.74) is 7.74. The summed E-state index contributed by atoms with van der Waals surface area (Å²) >= 11 is 3.46. The van der Waals surface area contributed by atoms with Crippen LogP contribution in [0.25, 0.3) is 0 Å². The standard InChI is InChI=1S/C13H18BrN.ClH/c14-12-7-5-11(6-8-12)13(15)9-3-1-2-4-10-13;/h5-8H,1-4,9-10,15H2;1H. The molecule has 1 saturated carbocycles. The first-order valence-corrected chi connectivity index (χ1v) is 6.55. The van der Waals surface area contributed by atoms with Crippen LogP contribution in [0.5, 0.6) is 0 Å². The van der Waals surface area contributed by atoms with Crippen LogP contribution in [0.2, 0.25) is 0 Å². The van der Waals surface area contributed by atoms with Crippen molar-refractivity contribution in [2.24, 2.45) is 5.73 Å². The van der Waals surface area contributed by atoms with Crippen LogP contribution in [-0.2, 0) is 5.54 Å². The van der Waals surface area contributed by atoms with E-state index in [0.29, 0.717) is 0 Å². The number of hydrogen-bond acceptors (Lipinski definition) is 1. The summed E-state index contributed by atoms with van der Waals surface area (Å²) in [6, 6.07) is 8.51. The molecule has 16 heavy (non-hydrogen) atoms. The van der Waals surface area contributed by atoms with Crippen LogP contribution in [0.3, 0.4) is 0 Å². The minimum Gasteiger partial charge on any atom is -0.321 e. The van der Waals surface area contributed by atoms with Gasteiger partial charge in [-0.3, -0.25) is 0 Å². The van der Waals surface area contributed by atoms with Crippen LogP contribution in [0.1, 0.15) is 44.1 Å². The van der Waals surface area contributed by atoms with Gasteiger partial charge >= 0.3 is 0 Å². The van der Waals surface area contributed by atoms with E-state index < -0.39 is 0 Å². The van der Waals surface area contributed by atoms with E-state index in [4.69, 9.17) is 5.73 Å². The third-order valence-corrected chi connectivity index (χ3v) is 3.94. The van der Waals surface area contributed by atoms with Crippen molar-refractivity contribution in [3.05, 3.63) is 34.3 Å². The molecule has 1 aromatic rings. The fourth-order valence-electron chi connectivity index (χ4n) is 2.43. The van der Waals surface area contributed by atoms with Gasteiger partial charge in [0.05, 0.1) is 0 Å². The second kappa shape index (κ2) is 6.04. The molecule has 1 aliphatic carbocycles. The number of nitrogens with two attached hydrogens (primary N) is 1. The summed E-state index contributed by atoms with van der Waals surface area (Å²) in [5, 5.41) is 0. The van der Waals surface area contributed by atoms with E-state index in [1.807, 2.05) is 0 Å². The predicted molar refractivity (Wildman–Crippen MR) is 75.0 cm³/mol. The topological polar surface area (TPSA) is 26.0 Å². The Hall–Kier alpha value is -0.0500. The van der Waals surface area contributed by atoms with E-state index in [9.17, 15) is 0 Å². The van der Waals surface area contributed by atoms with Crippen molar-refractivity contribution in [1.82, 2.24) is 0 Å². The van der Waals surface area contributed by atoms with E-state index in [1.165, 1.54) is 31.2 Å². The van der Waals surface area contributed by atoms with Crippen LogP contribution >= 0.6 is 28.3 Å². The monoisotopic (exact) mass is 303 g/mol.